The van der Waals surface area contributed by atoms with Crippen LogP contribution in [0.15, 0.2) is 18.2 Å². The predicted molar refractivity (Wildman–Crippen MR) is 96.7 cm³/mol. The van der Waals surface area contributed by atoms with Crippen molar-refractivity contribution in [3.8, 4) is 5.75 Å². The molecule has 2 aromatic rings. The van der Waals surface area contributed by atoms with Gasteiger partial charge in [0.25, 0.3) is 0 Å². The molecule has 0 spiro atoms. The first kappa shape index (κ1) is 16.5. The minimum absolute atomic E-state index is 0.138. The van der Waals surface area contributed by atoms with Gasteiger partial charge in [-0.1, -0.05) is 18.0 Å². The van der Waals surface area contributed by atoms with Crippen molar-refractivity contribution in [2.75, 3.05) is 20.6 Å². The summed E-state index contributed by atoms with van der Waals surface area (Å²) in [7, 11) is 4.15. The van der Waals surface area contributed by atoms with Crippen molar-refractivity contribution in [3.05, 3.63) is 34.5 Å². The van der Waals surface area contributed by atoms with Gasteiger partial charge in [-0.25, -0.2) is 0 Å². The number of fused-ring (bicyclic) bond motifs is 2. The number of likely N-dealkylation sites (N-methyl/N-ethyl adjacent to an activating group) is 1. The summed E-state index contributed by atoms with van der Waals surface area (Å²) in [5.41, 5.74) is 3.46. The van der Waals surface area contributed by atoms with Crippen LogP contribution in [0.2, 0.25) is 5.02 Å². The first-order valence-corrected chi connectivity index (χ1v) is 8.85. The van der Waals surface area contributed by atoms with Crippen LogP contribution in [0.25, 0.3) is 10.9 Å². The first-order valence-electron chi connectivity index (χ1n) is 8.47. The second-order valence-electron chi connectivity index (χ2n) is 6.78. The second kappa shape index (κ2) is 7.06. The Labute approximate surface area is 143 Å². The van der Waals surface area contributed by atoms with Crippen LogP contribution in [0.4, 0.5) is 0 Å². The van der Waals surface area contributed by atoms with Gasteiger partial charge in [-0.05, 0) is 64.9 Å². The molecular weight excluding hydrogens is 308 g/mol. The Morgan fingerprint density at radius 2 is 2.00 bits per heavy atom. The Kier molecular flexibility index (Phi) is 5.08. The average molecular weight is 333 g/mol. The summed E-state index contributed by atoms with van der Waals surface area (Å²) in [6, 6.07) is 5.93. The molecule has 0 aliphatic heterocycles. The topological polar surface area (TPSA) is 25.4 Å². The zero-order valence-corrected chi connectivity index (χ0v) is 15.0. The standard InChI is InChI=1S/C19H25ClN2O/c1-13(12-22(2)3)23-19-15-7-5-4-6-8-17(15)21-18-11-14(20)9-10-16(18)19/h9-11,13H,4-8,12H2,1-3H3. The van der Waals surface area contributed by atoms with E-state index in [0.717, 1.165) is 41.1 Å². The Bertz CT molecular complexity index is 699. The van der Waals surface area contributed by atoms with Crippen LogP contribution in [-0.4, -0.2) is 36.6 Å². The number of aromatic nitrogens is 1. The number of halogens is 1. The van der Waals surface area contributed by atoms with Gasteiger partial charge in [-0.2, -0.15) is 0 Å². The molecule has 1 unspecified atom stereocenters. The van der Waals surface area contributed by atoms with Crippen molar-refractivity contribution in [2.24, 2.45) is 0 Å². The third-order valence-electron chi connectivity index (χ3n) is 4.36. The van der Waals surface area contributed by atoms with E-state index in [2.05, 4.69) is 25.9 Å². The number of rotatable bonds is 4. The third kappa shape index (κ3) is 3.78. The van der Waals surface area contributed by atoms with E-state index in [9.17, 15) is 0 Å². The zero-order chi connectivity index (χ0) is 16.4. The van der Waals surface area contributed by atoms with Crippen molar-refractivity contribution in [1.29, 1.82) is 0 Å². The summed E-state index contributed by atoms with van der Waals surface area (Å²) in [6.45, 7) is 3.03. The minimum atomic E-state index is 0.138. The van der Waals surface area contributed by atoms with Crippen LogP contribution in [0.1, 0.15) is 37.4 Å². The number of nitrogens with zero attached hydrogens (tertiary/aromatic N) is 2. The maximum atomic E-state index is 6.41. The average Bonchev–Trinajstić information content (AvgIpc) is 2.71. The molecule has 23 heavy (non-hydrogen) atoms. The molecule has 0 bridgehead atoms. The van der Waals surface area contributed by atoms with Gasteiger partial charge in [0.1, 0.15) is 11.9 Å². The van der Waals surface area contributed by atoms with Gasteiger partial charge in [0.05, 0.1) is 5.52 Å². The summed E-state index contributed by atoms with van der Waals surface area (Å²) >= 11 is 6.17. The minimum Gasteiger partial charge on any atom is -0.488 e. The lowest BCUT2D eigenvalue weighted by molar-refractivity contribution is 0.177. The van der Waals surface area contributed by atoms with Gasteiger partial charge in [0, 0.05) is 28.2 Å². The fourth-order valence-electron chi connectivity index (χ4n) is 3.42. The van der Waals surface area contributed by atoms with Crippen LogP contribution in [0.5, 0.6) is 5.75 Å². The Morgan fingerprint density at radius 3 is 2.78 bits per heavy atom. The molecule has 1 atom stereocenters. The molecule has 0 radical (unpaired) electrons. The first-order chi connectivity index (χ1) is 11.0. The lowest BCUT2D eigenvalue weighted by Gasteiger charge is -2.23. The molecule has 0 saturated heterocycles. The summed E-state index contributed by atoms with van der Waals surface area (Å²) in [4.78, 5) is 7.05. The van der Waals surface area contributed by atoms with E-state index in [-0.39, 0.29) is 6.10 Å². The molecule has 0 amide bonds. The van der Waals surface area contributed by atoms with Crippen molar-refractivity contribution < 1.29 is 4.74 Å². The number of benzene rings is 1. The summed E-state index contributed by atoms with van der Waals surface area (Å²) in [5.74, 6) is 1.03. The fraction of sp³-hybridized carbons (Fsp3) is 0.526. The molecule has 0 saturated carbocycles. The van der Waals surface area contributed by atoms with Gasteiger partial charge in [-0.15, -0.1) is 0 Å². The normalized spacial score (nSPS) is 16.2. The third-order valence-corrected chi connectivity index (χ3v) is 4.60. The quantitative estimate of drug-likeness (QED) is 0.771. The lowest BCUT2D eigenvalue weighted by atomic mass is 10.0. The van der Waals surface area contributed by atoms with Crippen LogP contribution >= 0.6 is 11.6 Å². The van der Waals surface area contributed by atoms with Crippen molar-refractivity contribution in [1.82, 2.24) is 9.88 Å². The molecule has 1 aliphatic rings. The molecule has 1 aliphatic carbocycles. The van der Waals surface area contributed by atoms with E-state index >= 15 is 0 Å². The molecule has 1 aromatic carbocycles. The highest BCUT2D eigenvalue weighted by atomic mass is 35.5. The maximum absolute atomic E-state index is 6.41. The van der Waals surface area contributed by atoms with E-state index in [4.69, 9.17) is 21.3 Å². The predicted octanol–water partition coefficient (Wildman–Crippen LogP) is 4.49. The molecule has 4 heteroatoms. The van der Waals surface area contributed by atoms with Gasteiger partial charge in [-0.3, -0.25) is 4.98 Å². The number of pyridine rings is 1. The summed E-state index contributed by atoms with van der Waals surface area (Å²) in [5, 5.41) is 1.81. The van der Waals surface area contributed by atoms with Crippen molar-refractivity contribution in [3.63, 3.8) is 0 Å². The zero-order valence-electron chi connectivity index (χ0n) is 14.2. The van der Waals surface area contributed by atoms with E-state index in [1.807, 2.05) is 18.2 Å². The molecular formula is C19H25ClN2O. The molecule has 0 fully saturated rings. The molecule has 1 aromatic heterocycles. The summed E-state index contributed by atoms with van der Waals surface area (Å²) in [6.07, 6.45) is 5.92. The van der Waals surface area contributed by atoms with Gasteiger partial charge >= 0.3 is 0 Å². The molecule has 124 valence electrons. The molecule has 0 N–H and O–H groups in total. The number of ether oxygens (including phenoxy) is 1. The van der Waals surface area contributed by atoms with Crippen molar-refractivity contribution in [2.45, 2.75) is 45.1 Å². The number of hydrogen-bond donors (Lipinski definition) is 0. The highest BCUT2D eigenvalue weighted by molar-refractivity contribution is 6.31. The smallest absolute Gasteiger partial charge is 0.134 e. The molecule has 3 rings (SSSR count). The highest BCUT2D eigenvalue weighted by Crippen LogP contribution is 2.36. The fourth-order valence-corrected chi connectivity index (χ4v) is 3.59. The highest BCUT2D eigenvalue weighted by Gasteiger charge is 2.20. The largest absolute Gasteiger partial charge is 0.488 e. The van der Waals surface area contributed by atoms with Gasteiger partial charge < -0.3 is 9.64 Å². The maximum Gasteiger partial charge on any atom is 0.134 e. The molecule has 1 heterocycles. The van der Waals surface area contributed by atoms with Crippen molar-refractivity contribution >= 4 is 22.5 Å². The monoisotopic (exact) mass is 332 g/mol. The van der Waals surface area contributed by atoms with E-state index in [1.54, 1.807) is 0 Å². The lowest BCUT2D eigenvalue weighted by Crippen LogP contribution is -2.28. The second-order valence-corrected chi connectivity index (χ2v) is 7.22. The Morgan fingerprint density at radius 1 is 1.22 bits per heavy atom. The van der Waals surface area contributed by atoms with E-state index in [1.165, 1.54) is 30.5 Å². The number of aryl methyl sites for hydroxylation is 1. The van der Waals surface area contributed by atoms with Gasteiger partial charge in [0.2, 0.25) is 0 Å². The summed E-state index contributed by atoms with van der Waals surface area (Å²) < 4.78 is 6.41. The molecule has 3 nitrogen and oxygen atoms in total. The van der Waals surface area contributed by atoms with Gasteiger partial charge in [0.15, 0.2) is 0 Å². The van der Waals surface area contributed by atoms with Crippen LogP contribution < -0.4 is 4.74 Å². The van der Waals surface area contributed by atoms with E-state index in [0.29, 0.717) is 0 Å². The van der Waals surface area contributed by atoms with E-state index < -0.39 is 0 Å². The SMILES string of the molecule is CC(CN(C)C)Oc1c2c(nc3cc(Cl)ccc13)CCCCC2. The Hall–Kier alpha value is -1.32. The van der Waals surface area contributed by atoms with Crippen LogP contribution in [0, 0.1) is 0 Å². The number of hydrogen-bond acceptors (Lipinski definition) is 3. The van der Waals surface area contributed by atoms with Crippen LogP contribution in [0.3, 0.4) is 0 Å². The van der Waals surface area contributed by atoms with Crippen LogP contribution in [-0.2, 0) is 12.8 Å². The Balaban J connectivity index is 2.09.